The second kappa shape index (κ2) is 6.03. The summed E-state index contributed by atoms with van der Waals surface area (Å²) in [6.07, 6.45) is 5.48. The maximum atomic E-state index is 6.09. The molecule has 5 heteroatoms. The Kier molecular flexibility index (Phi) is 4.60. The molecule has 0 bridgehead atoms. The van der Waals surface area contributed by atoms with Crippen LogP contribution >= 0.6 is 0 Å². The van der Waals surface area contributed by atoms with Crippen LogP contribution in [0.3, 0.4) is 0 Å². The Morgan fingerprint density at radius 2 is 2.21 bits per heavy atom. The highest BCUT2D eigenvalue weighted by atomic mass is 16.5. The largest absolute Gasteiger partial charge is 0.374 e. The van der Waals surface area contributed by atoms with E-state index in [1.165, 1.54) is 18.5 Å². The summed E-state index contributed by atoms with van der Waals surface area (Å²) in [7, 11) is 1.98. The number of ether oxygens (including phenoxy) is 1. The molecule has 0 amide bonds. The van der Waals surface area contributed by atoms with Crippen molar-refractivity contribution >= 4 is 0 Å². The van der Waals surface area contributed by atoms with Crippen molar-refractivity contribution in [3.8, 4) is 0 Å². The lowest BCUT2D eigenvalue weighted by atomic mass is 9.89. The molecule has 0 spiro atoms. The second-order valence-corrected chi connectivity index (χ2v) is 5.53. The van der Waals surface area contributed by atoms with Gasteiger partial charge in [0.05, 0.1) is 17.3 Å². The molecule has 0 aliphatic heterocycles. The average Bonchev–Trinajstić information content (AvgIpc) is 2.95. The van der Waals surface area contributed by atoms with E-state index in [1.807, 2.05) is 18.7 Å². The number of rotatable bonds is 6. The molecule has 5 nitrogen and oxygen atoms in total. The van der Waals surface area contributed by atoms with Crippen molar-refractivity contribution in [2.24, 2.45) is 12.9 Å². The Hall–Kier alpha value is -0.910. The van der Waals surface area contributed by atoms with Gasteiger partial charge in [0.1, 0.15) is 0 Å². The predicted octanol–water partition coefficient (Wildman–Crippen LogP) is 1.45. The SMILES string of the molecule is CCOC1(C(Cc2cc(C)nn2C)NN)CCCC1. The van der Waals surface area contributed by atoms with Crippen LogP contribution in [-0.4, -0.2) is 28.0 Å². The molecule has 1 fully saturated rings. The van der Waals surface area contributed by atoms with E-state index in [-0.39, 0.29) is 11.6 Å². The minimum Gasteiger partial charge on any atom is -0.374 e. The Morgan fingerprint density at radius 1 is 1.53 bits per heavy atom. The first kappa shape index (κ1) is 14.5. The maximum Gasteiger partial charge on any atom is 0.0851 e. The van der Waals surface area contributed by atoms with Gasteiger partial charge >= 0.3 is 0 Å². The summed E-state index contributed by atoms with van der Waals surface area (Å²) < 4.78 is 8.03. The zero-order valence-corrected chi connectivity index (χ0v) is 12.3. The zero-order chi connectivity index (χ0) is 13.9. The van der Waals surface area contributed by atoms with Gasteiger partial charge in [0.2, 0.25) is 0 Å². The van der Waals surface area contributed by atoms with Crippen LogP contribution in [0.2, 0.25) is 0 Å². The summed E-state index contributed by atoms with van der Waals surface area (Å²) in [4.78, 5) is 0. The van der Waals surface area contributed by atoms with Crippen molar-refractivity contribution in [2.75, 3.05) is 6.61 Å². The van der Waals surface area contributed by atoms with Gasteiger partial charge in [-0.25, -0.2) is 0 Å². The first-order valence-corrected chi connectivity index (χ1v) is 7.21. The van der Waals surface area contributed by atoms with Crippen molar-refractivity contribution in [3.63, 3.8) is 0 Å². The van der Waals surface area contributed by atoms with E-state index < -0.39 is 0 Å². The quantitative estimate of drug-likeness (QED) is 0.604. The van der Waals surface area contributed by atoms with Crippen LogP contribution in [0.1, 0.15) is 44.0 Å². The molecule has 1 aromatic heterocycles. The number of aryl methyl sites for hydroxylation is 2. The van der Waals surface area contributed by atoms with E-state index in [0.717, 1.165) is 31.6 Å². The van der Waals surface area contributed by atoms with E-state index in [1.54, 1.807) is 0 Å². The molecule has 0 aromatic carbocycles. The highest BCUT2D eigenvalue weighted by molar-refractivity contribution is 5.12. The van der Waals surface area contributed by atoms with Crippen LogP contribution in [0.15, 0.2) is 6.07 Å². The third-order valence-electron chi connectivity index (χ3n) is 4.23. The van der Waals surface area contributed by atoms with E-state index in [2.05, 4.69) is 23.5 Å². The number of aromatic nitrogens is 2. The molecule has 2 rings (SSSR count). The van der Waals surface area contributed by atoms with Gasteiger partial charge in [-0.1, -0.05) is 12.8 Å². The molecule has 3 N–H and O–H groups in total. The number of hydrazine groups is 1. The first-order chi connectivity index (χ1) is 9.11. The van der Waals surface area contributed by atoms with Crippen LogP contribution in [0.25, 0.3) is 0 Å². The molecule has 108 valence electrons. The molecule has 1 unspecified atom stereocenters. The van der Waals surface area contributed by atoms with Crippen molar-refractivity contribution in [3.05, 3.63) is 17.5 Å². The van der Waals surface area contributed by atoms with Gasteiger partial charge in [0, 0.05) is 25.8 Å². The standard InChI is InChI=1S/C14H26N4O/c1-4-19-14(7-5-6-8-14)13(16-15)10-12-9-11(2)17-18(12)3/h9,13,16H,4-8,10,15H2,1-3H3. The van der Waals surface area contributed by atoms with Crippen molar-refractivity contribution in [2.45, 2.75) is 57.6 Å². The molecule has 1 saturated carbocycles. The number of nitrogens with one attached hydrogen (secondary N) is 1. The fourth-order valence-electron chi connectivity index (χ4n) is 3.32. The number of nitrogens with zero attached hydrogens (tertiary/aromatic N) is 2. The molecule has 19 heavy (non-hydrogen) atoms. The summed E-state index contributed by atoms with van der Waals surface area (Å²) in [5.41, 5.74) is 5.13. The Morgan fingerprint density at radius 3 is 2.68 bits per heavy atom. The third kappa shape index (κ3) is 2.99. The van der Waals surface area contributed by atoms with Crippen LogP contribution in [0.4, 0.5) is 0 Å². The first-order valence-electron chi connectivity index (χ1n) is 7.21. The lowest BCUT2D eigenvalue weighted by molar-refractivity contribution is -0.0616. The molecule has 1 aromatic rings. The molecule has 0 radical (unpaired) electrons. The summed E-state index contributed by atoms with van der Waals surface area (Å²) in [5.74, 6) is 5.81. The minimum absolute atomic E-state index is 0.109. The lowest BCUT2D eigenvalue weighted by Gasteiger charge is -2.37. The predicted molar refractivity (Wildman–Crippen MR) is 75.6 cm³/mol. The molecule has 1 aliphatic rings. The van der Waals surface area contributed by atoms with E-state index in [0.29, 0.717) is 0 Å². The molecule has 0 saturated heterocycles. The summed E-state index contributed by atoms with van der Waals surface area (Å²) >= 11 is 0. The highest BCUT2D eigenvalue weighted by Gasteiger charge is 2.42. The normalized spacial score (nSPS) is 19.8. The smallest absolute Gasteiger partial charge is 0.0851 e. The highest BCUT2D eigenvalue weighted by Crippen LogP contribution is 2.37. The zero-order valence-electron chi connectivity index (χ0n) is 12.3. The van der Waals surface area contributed by atoms with Gasteiger partial charge in [-0.15, -0.1) is 0 Å². The van der Waals surface area contributed by atoms with Crippen molar-refractivity contribution in [1.29, 1.82) is 0 Å². The molecule has 1 atom stereocenters. The van der Waals surface area contributed by atoms with Gasteiger partial charge < -0.3 is 4.74 Å². The number of hydrogen-bond acceptors (Lipinski definition) is 4. The van der Waals surface area contributed by atoms with Crippen molar-refractivity contribution in [1.82, 2.24) is 15.2 Å². The van der Waals surface area contributed by atoms with E-state index in [9.17, 15) is 0 Å². The topological polar surface area (TPSA) is 65.1 Å². The Labute approximate surface area is 115 Å². The molecular weight excluding hydrogens is 240 g/mol. The van der Waals surface area contributed by atoms with Gasteiger partial charge in [-0.2, -0.15) is 5.10 Å². The maximum absolute atomic E-state index is 6.09. The average molecular weight is 266 g/mol. The van der Waals surface area contributed by atoms with E-state index >= 15 is 0 Å². The van der Waals surface area contributed by atoms with Crippen LogP contribution in [0, 0.1) is 6.92 Å². The van der Waals surface area contributed by atoms with Gasteiger partial charge in [-0.05, 0) is 32.8 Å². The molecular formula is C14H26N4O. The van der Waals surface area contributed by atoms with Crippen LogP contribution in [-0.2, 0) is 18.2 Å². The van der Waals surface area contributed by atoms with Crippen LogP contribution in [0.5, 0.6) is 0 Å². The van der Waals surface area contributed by atoms with Crippen LogP contribution < -0.4 is 11.3 Å². The lowest BCUT2D eigenvalue weighted by Crippen LogP contribution is -2.54. The fourth-order valence-corrected chi connectivity index (χ4v) is 3.32. The second-order valence-electron chi connectivity index (χ2n) is 5.53. The molecule has 1 aliphatic carbocycles. The fraction of sp³-hybridized carbons (Fsp3) is 0.786. The van der Waals surface area contributed by atoms with E-state index in [4.69, 9.17) is 10.6 Å². The summed E-state index contributed by atoms with van der Waals surface area (Å²) in [6, 6.07) is 2.27. The number of hydrogen-bond donors (Lipinski definition) is 2. The Balaban J connectivity index is 2.16. The third-order valence-corrected chi connectivity index (χ3v) is 4.23. The van der Waals surface area contributed by atoms with Gasteiger partial charge in [-0.3, -0.25) is 16.0 Å². The number of nitrogens with two attached hydrogens (primary N) is 1. The minimum atomic E-state index is -0.109. The summed E-state index contributed by atoms with van der Waals surface area (Å²) in [5, 5.41) is 4.40. The molecule has 1 heterocycles. The monoisotopic (exact) mass is 266 g/mol. The van der Waals surface area contributed by atoms with Gasteiger partial charge in [0.25, 0.3) is 0 Å². The van der Waals surface area contributed by atoms with Crippen molar-refractivity contribution < 1.29 is 4.74 Å². The summed E-state index contributed by atoms with van der Waals surface area (Å²) in [6.45, 7) is 4.81. The Bertz CT molecular complexity index is 410. The van der Waals surface area contributed by atoms with Gasteiger partial charge in [0.15, 0.2) is 0 Å².